The maximum absolute atomic E-state index is 12.6. The average molecular weight is 365 g/mol. The van der Waals surface area contributed by atoms with Gasteiger partial charge in [0.15, 0.2) is 17.2 Å². The Labute approximate surface area is 154 Å². The number of rotatable bonds is 4. The van der Waals surface area contributed by atoms with E-state index >= 15 is 0 Å². The van der Waals surface area contributed by atoms with Gasteiger partial charge in [0.2, 0.25) is 6.10 Å². The summed E-state index contributed by atoms with van der Waals surface area (Å²) >= 11 is 0. The molecule has 0 radical (unpaired) electrons. The van der Waals surface area contributed by atoms with Crippen molar-refractivity contribution in [1.82, 2.24) is 9.78 Å². The van der Waals surface area contributed by atoms with Crippen molar-refractivity contribution in [2.24, 2.45) is 0 Å². The Balaban J connectivity index is 1.55. The Bertz CT molecular complexity index is 1010. The molecule has 27 heavy (non-hydrogen) atoms. The Kier molecular flexibility index (Phi) is 4.21. The monoisotopic (exact) mass is 365 g/mol. The minimum absolute atomic E-state index is 0.0863. The summed E-state index contributed by atoms with van der Waals surface area (Å²) < 4.78 is 12.7. The van der Waals surface area contributed by atoms with Crippen LogP contribution in [0.25, 0.3) is 5.69 Å². The molecule has 8 nitrogen and oxygen atoms in total. The van der Waals surface area contributed by atoms with Gasteiger partial charge in [0.05, 0.1) is 11.4 Å². The summed E-state index contributed by atoms with van der Waals surface area (Å²) in [5, 5.41) is 15.8. The number of carbonyl (C=O) groups excluding carboxylic acids is 1. The molecule has 2 aromatic carbocycles. The number of benzene rings is 2. The SMILES string of the molecule is O=C(O)c1ccn(-c2ccccc2NC(=O)C2COc3ccccc3O2)n1. The number of ether oxygens (including phenoxy) is 2. The lowest BCUT2D eigenvalue weighted by atomic mass is 10.2. The Morgan fingerprint density at radius 1 is 1.07 bits per heavy atom. The van der Waals surface area contributed by atoms with E-state index in [1.807, 2.05) is 6.07 Å². The van der Waals surface area contributed by atoms with Gasteiger partial charge in [0.1, 0.15) is 6.61 Å². The van der Waals surface area contributed by atoms with Crippen molar-refractivity contribution in [2.75, 3.05) is 11.9 Å². The van der Waals surface area contributed by atoms with Crippen molar-refractivity contribution in [3.63, 3.8) is 0 Å². The van der Waals surface area contributed by atoms with E-state index in [4.69, 9.17) is 14.6 Å². The van der Waals surface area contributed by atoms with Crippen molar-refractivity contribution >= 4 is 17.6 Å². The molecule has 3 aromatic rings. The fourth-order valence-electron chi connectivity index (χ4n) is 2.71. The second kappa shape index (κ2) is 6.83. The molecule has 8 heteroatoms. The zero-order chi connectivity index (χ0) is 18.8. The topological polar surface area (TPSA) is 103 Å². The van der Waals surface area contributed by atoms with Gasteiger partial charge in [-0.1, -0.05) is 24.3 Å². The molecule has 1 unspecified atom stereocenters. The summed E-state index contributed by atoms with van der Waals surface area (Å²) in [5.41, 5.74) is 0.928. The van der Waals surface area contributed by atoms with Crippen LogP contribution in [0.1, 0.15) is 10.5 Å². The number of para-hydroxylation sites is 4. The van der Waals surface area contributed by atoms with Crippen LogP contribution in [-0.4, -0.2) is 39.5 Å². The zero-order valence-corrected chi connectivity index (χ0v) is 14.0. The van der Waals surface area contributed by atoms with Gasteiger partial charge in [0.25, 0.3) is 5.91 Å². The molecular formula is C19H15N3O5. The lowest BCUT2D eigenvalue weighted by Gasteiger charge is -2.25. The van der Waals surface area contributed by atoms with Crippen molar-refractivity contribution in [2.45, 2.75) is 6.10 Å². The fraction of sp³-hybridized carbons (Fsp3) is 0.105. The molecule has 1 aromatic heterocycles. The van der Waals surface area contributed by atoms with Crippen LogP contribution in [0.3, 0.4) is 0 Å². The van der Waals surface area contributed by atoms with Crippen molar-refractivity contribution in [1.29, 1.82) is 0 Å². The van der Waals surface area contributed by atoms with Crippen LogP contribution in [0.2, 0.25) is 0 Å². The minimum atomic E-state index is -1.12. The van der Waals surface area contributed by atoms with E-state index in [0.717, 1.165) is 0 Å². The number of fused-ring (bicyclic) bond motifs is 1. The minimum Gasteiger partial charge on any atom is -0.485 e. The molecule has 1 aliphatic rings. The first-order valence-corrected chi connectivity index (χ1v) is 8.19. The van der Waals surface area contributed by atoms with Crippen LogP contribution in [-0.2, 0) is 4.79 Å². The standard InChI is InChI=1S/C19H15N3O5/c23-18(17-11-26-15-7-3-4-8-16(15)27-17)20-12-5-1-2-6-14(12)22-10-9-13(21-22)19(24)25/h1-10,17H,11H2,(H,20,23)(H,24,25). The van der Waals surface area contributed by atoms with Gasteiger partial charge in [-0.3, -0.25) is 4.79 Å². The molecule has 1 atom stereocenters. The molecule has 0 saturated carbocycles. The number of amides is 1. The fourth-order valence-corrected chi connectivity index (χ4v) is 2.71. The lowest BCUT2D eigenvalue weighted by molar-refractivity contribution is -0.125. The van der Waals surface area contributed by atoms with Gasteiger partial charge in [-0.05, 0) is 30.3 Å². The number of anilines is 1. The van der Waals surface area contributed by atoms with Crippen molar-refractivity contribution in [3.05, 3.63) is 66.5 Å². The first-order valence-electron chi connectivity index (χ1n) is 8.19. The molecule has 4 rings (SSSR count). The Hall–Kier alpha value is -3.81. The number of nitrogens with zero attached hydrogens (tertiary/aromatic N) is 2. The van der Waals surface area contributed by atoms with E-state index in [0.29, 0.717) is 22.9 Å². The van der Waals surface area contributed by atoms with Gasteiger partial charge in [-0.15, -0.1) is 0 Å². The summed E-state index contributed by atoms with van der Waals surface area (Å²) in [4.78, 5) is 23.7. The van der Waals surface area contributed by atoms with Crippen LogP contribution < -0.4 is 14.8 Å². The van der Waals surface area contributed by atoms with E-state index in [1.165, 1.54) is 16.9 Å². The number of carboxylic acids is 1. The highest BCUT2D eigenvalue weighted by Crippen LogP contribution is 2.31. The number of carbonyl (C=O) groups is 2. The normalized spacial score (nSPS) is 15.2. The number of carboxylic acid groups (broad SMARTS) is 1. The molecule has 0 fully saturated rings. The van der Waals surface area contributed by atoms with E-state index in [9.17, 15) is 9.59 Å². The Morgan fingerprint density at radius 3 is 2.59 bits per heavy atom. The molecule has 0 saturated heterocycles. The number of hydrogen-bond donors (Lipinski definition) is 2. The first-order chi connectivity index (χ1) is 13.1. The third-order valence-corrected chi connectivity index (χ3v) is 4.02. The third kappa shape index (κ3) is 3.32. The summed E-state index contributed by atoms with van der Waals surface area (Å²) in [6.07, 6.45) is 0.713. The summed E-state index contributed by atoms with van der Waals surface area (Å²) in [7, 11) is 0. The second-order valence-electron chi connectivity index (χ2n) is 5.82. The van der Waals surface area contributed by atoms with E-state index in [1.54, 1.807) is 42.5 Å². The number of aromatic nitrogens is 2. The molecule has 0 aliphatic carbocycles. The quantitative estimate of drug-likeness (QED) is 0.736. The predicted octanol–water partition coefficient (Wildman–Crippen LogP) is 2.35. The lowest BCUT2D eigenvalue weighted by Crippen LogP contribution is -2.40. The number of aromatic carboxylic acids is 1. The molecule has 0 spiro atoms. The van der Waals surface area contributed by atoms with Crippen LogP contribution in [0.4, 0.5) is 5.69 Å². The molecule has 0 bridgehead atoms. The van der Waals surface area contributed by atoms with Gasteiger partial charge in [-0.25, -0.2) is 9.48 Å². The third-order valence-electron chi connectivity index (χ3n) is 4.02. The first kappa shape index (κ1) is 16.6. The van der Waals surface area contributed by atoms with E-state index in [2.05, 4.69) is 10.4 Å². The summed E-state index contributed by atoms with van der Waals surface area (Å²) in [6, 6.07) is 15.5. The molecule has 2 N–H and O–H groups in total. The highest BCUT2D eigenvalue weighted by atomic mass is 16.6. The number of nitrogens with one attached hydrogen (secondary N) is 1. The smallest absolute Gasteiger partial charge is 0.356 e. The molecule has 136 valence electrons. The molecular weight excluding hydrogens is 350 g/mol. The molecule has 2 heterocycles. The highest BCUT2D eigenvalue weighted by Gasteiger charge is 2.28. The maximum Gasteiger partial charge on any atom is 0.356 e. The maximum atomic E-state index is 12.6. The van der Waals surface area contributed by atoms with E-state index < -0.39 is 12.1 Å². The van der Waals surface area contributed by atoms with Crippen molar-refractivity contribution in [3.8, 4) is 17.2 Å². The molecule has 1 aliphatic heterocycles. The predicted molar refractivity (Wildman–Crippen MR) is 95.5 cm³/mol. The van der Waals surface area contributed by atoms with Gasteiger partial charge in [-0.2, -0.15) is 5.10 Å². The van der Waals surface area contributed by atoms with Crippen molar-refractivity contribution < 1.29 is 24.2 Å². The second-order valence-corrected chi connectivity index (χ2v) is 5.82. The largest absolute Gasteiger partial charge is 0.485 e. The summed E-state index contributed by atoms with van der Waals surface area (Å²) in [6.45, 7) is 0.0932. The van der Waals surface area contributed by atoms with Crippen LogP contribution >= 0.6 is 0 Å². The highest BCUT2D eigenvalue weighted by molar-refractivity contribution is 5.96. The zero-order valence-electron chi connectivity index (χ0n) is 14.0. The van der Waals surface area contributed by atoms with Gasteiger partial charge in [0, 0.05) is 6.20 Å². The summed E-state index contributed by atoms with van der Waals surface area (Å²) in [5.74, 6) is -0.390. The Morgan fingerprint density at radius 2 is 1.81 bits per heavy atom. The van der Waals surface area contributed by atoms with Gasteiger partial charge < -0.3 is 19.9 Å². The molecule has 1 amide bonds. The van der Waals surface area contributed by atoms with Crippen LogP contribution in [0, 0.1) is 0 Å². The number of hydrogen-bond acceptors (Lipinski definition) is 5. The van der Waals surface area contributed by atoms with Gasteiger partial charge >= 0.3 is 5.97 Å². The van der Waals surface area contributed by atoms with E-state index in [-0.39, 0.29) is 18.2 Å². The average Bonchev–Trinajstić information content (AvgIpc) is 3.18. The van der Waals surface area contributed by atoms with Crippen LogP contribution in [0.5, 0.6) is 11.5 Å². The van der Waals surface area contributed by atoms with Crippen LogP contribution in [0.15, 0.2) is 60.8 Å².